The van der Waals surface area contributed by atoms with Crippen LogP contribution in [0.1, 0.15) is 73.8 Å². The number of piperidine rings is 1. The van der Waals surface area contributed by atoms with Crippen LogP contribution in [0.2, 0.25) is 0 Å². The van der Waals surface area contributed by atoms with Crippen molar-refractivity contribution < 1.29 is 24.2 Å². The molecule has 1 aromatic carbocycles. The minimum absolute atomic E-state index is 0. The molecule has 0 bridgehead atoms. The zero-order valence-corrected chi connectivity index (χ0v) is 29.3. The van der Waals surface area contributed by atoms with Gasteiger partial charge in [-0.3, -0.25) is 19.3 Å². The molecule has 3 saturated heterocycles. The van der Waals surface area contributed by atoms with Gasteiger partial charge in [-0.1, -0.05) is 27.2 Å². The quantitative estimate of drug-likeness (QED) is 0.417. The highest BCUT2D eigenvalue weighted by Crippen LogP contribution is 2.35. The number of carbonyl (C=O) groups is 3. The van der Waals surface area contributed by atoms with E-state index in [0.29, 0.717) is 70.9 Å². The smallest absolute Gasteiger partial charge is 0.254 e. The maximum atomic E-state index is 13.6. The standard InChI is InChI=1S/C33H48N6O5.2ClH/c1-6-7-14-38-31(42)28(29(40)22(2)3)34-32(43)33(38)12-15-36(16-13-33)21-27-23(4)35-39(24(27)5)26-10-8-25(9-11-26)30(41)37-17-19-44-20-18-37;;/h8-11,22,28-29,40H,6-7,12-21H2,1-5H3,(H,34,43);2*1H/t28-,29-;;/m1../s1. The van der Waals surface area contributed by atoms with Crippen LogP contribution < -0.4 is 5.32 Å². The van der Waals surface area contributed by atoms with Crippen LogP contribution in [0.25, 0.3) is 5.69 Å². The average Bonchev–Trinajstić information content (AvgIpc) is 3.31. The number of piperazine rings is 1. The largest absolute Gasteiger partial charge is 0.390 e. The molecule has 2 N–H and O–H groups in total. The number of aliphatic hydroxyl groups excluding tert-OH is 1. The van der Waals surface area contributed by atoms with Crippen LogP contribution in [-0.2, 0) is 20.9 Å². The number of hydrogen-bond donors (Lipinski definition) is 2. The Morgan fingerprint density at radius 3 is 2.28 bits per heavy atom. The van der Waals surface area contributed by atoms with Crippen molar-refractivity contribution in [1.82, 2.24) is 29.8 Å². The van der Waals surface area contributed by atoms with Crippen LogP contribution in [0.3, 0.4) is 0 Å². The van der Waals surface area contributed by atoms with Gasteiger partial charge in [0.15, 0.2) is 0 Å². The number of halogens is 2. The molecule has 11 nitrogen and oxygen atoms in total. The number of ether oxygens (including phenoxy) is 1. The van der Waals surface area contributed by atoms with Gasteiger partial charge in [0, 0.05) is 56.1 Å². The van der Waals surface area contributed by atoms with Crippen molar-refractivity contribution in [2.75, 3.05) is 45.9 Å². The summed E-state index contributed by atoms with van der Waals surface area (Å²) in [6.45, 7) is 14.8. The van der Waals surface area contributed by atoms with Crippen molar-refractivity contribution in [3.63, 3.8) is 0 Å². The van der Waals surface area contributed by atoms with Crippen LogP contribution in [0.5, 0.6) is 0 Å². The molecule has 3 fully saturated rings. The molecule has 0 unspecified atom stereocenters. The third kappa shape index (κ3) is 7.39. The second-order valence-corrected chi connectivity index (χ2v) is 12.8. The van der Waals surface area contributed by atoms with Gasteiger partial charge in [-0.2, -0.15) is 5.10 Å². The Morgan fingerprint density at radius 1 is 1.07 bits per heavy atom. The van der Waals surface area contributed by atoms with Gasteiger partial charge in [-0.15, -0.1) is 24.8 Å². The van der Waals surface area contributed by atoms with E-state index in [0.717, 1.165) is 35.5 Å². The van der Waals surface area contributed by atoms with Crippen LogP contribution >= 0.6 is 24.8 Å². The second-order valence-electron chi connectivity index (χ2n) is 12.8. The molecule has 46 heavy (non-hydrogen) atoms. The second kappa shape index (κ2) is 15.9. The molecule has 0 radical (unpaired) electrons. The first-order valence-electron chi connectivity index (χ1n) is 16.1. The maximum Gasteiger partial charge on any atom is 0.254 e. The lowest BCUT2D eigenvalue weighted by molar-refractivity contribution is -0.165. The Morgan fingerprint density at radius 2 is 1.70 bits per heavy atom. The highest BCUT2D eigenvalue weighted by molar-refractivity contribution is 6.00. The van der Waals surface area contributed by atoms with Gasteiger partial charge in [0.1, 0.15) is 11.6 Å². The summed E-state index contributed by atoms with van der Waals surface area (Å²) in [6.07, 6.45) is 1.90. The number of aromatic nitrogens is 2. The molecular formula is C33H50Cl2N6O5. The van der Waals surface area contributed by atoms with E-state index in [1.165, 1.54) is 0 Å². The summed E-state index contributed by atoms with van der Waals surface area (Å²) in [5.74, 6) is -0.437. The van der Waals surface area contributed by atoms with Crippen molar-refractivity contribution in [2.24, 2.45) is 5.92 Å². The van der Waals surface area contributed by atoms with Gasteiger partial charge < -0.3 is 25.0 Å². The first-order valence-corrected chi connectivity index (χ1v) is 16.1. The van der Waals surface area contributed by atoms with Crippen molar-refractivity contribution >= 4 is 42.5 Å². The molecule has 3 aliphatic rings. The summed E-state index contributed by atoms with van der Waals surface area (Å²) < 4.78 is 7.30. The average molecular weight is 682 g/mol. The number of likely N-dealkylation sites (tertiary alicyclic amines) is 1. The highest BCUT2D eigenvalue weighted by atomic mass is 35.5. The molecule has 0 saturated carbocycles. The third-order valence-corrected chi connectivity index (χ3v) is 9.68. The van der Waals surface area contributed by atoms with Crippen LogP contribution in [0, 0.1) is 19.8 Å². The van der Waals surface area contributed by atoms with Crippen molar-refractivity contribution in [1.29, 1.82) is 0 Å². The lowest BCUT2D eigenvalue weighted by Crippen LogP contribution is -2.74. The van der Waals surface area contributed by atoms with Crippen molar-refractivity contribution in [2.45, 2.75) is 84.5 Å². The van der Waals surface area contributed by atoms with E-state index >= 15 is 0 Å². The maximum absolute atomic E-state index is 13.6. The molecule has 5 rings (SSSR count). The van der Waals surface area contributed by atoms with E-state index in [4.69, 9.17) is 9.84 Å². The first-order chi connectivity index (χ1) is 21.1. The SMILES string of the molecule is CCCCN1C(=O)[C@@H]([C@H](O)C(C)C)NC(=O)C12CCN(Cc1c(C)nn(-c3ccc(C(=O)N4CCOCC4)cc3)c1C)CC2.Cl.Cl. The van der Waals surface area contributed by atoms with Gasteiger partial charge in [0.05, 0.1) is 30.7 Å². The minimum Gasteiger partial charge on any atom is -0.390 e. The predicted octanol–water partition coefficient (Wildman–Crippen LogP) is 3.28. The summed E-state index contributed by atoms with van der Waals surface area (Å²) in [4.78, 5) is 46.1. The number of nitrogens with zero attached hydrogens (tertiary/aromatic N) is 5. The molecule has 0 aliphatic carbocycles. The number of morpholine rings is 1. The Balaban J connectivity index is 0.00000288. The Labute approximate surface area is 284 Å². The third-order valence-electron chi connectivity index (χ3n) is 9.68. The van der Waals surface area contributed by atoms with E-state index in [1.54, 1.807) is 4.90 Å². The normalized spacial score (nSPS) is 20.7. The molecule has 3 amide bonds. The van der Waals surface area contributed by atoms with Gasteiger partial charge in [0.2, 0.25) is 11.8 Å². The molecule has 2 aromatic rings. The zero-order chi connectivity index (χ0) is 31.6. The number of hydrogen-bond acceptors (Lipinski definition) is 7. The first kappa shape index (κ1) is 37.8. The summed E-state index contributed by atoms with van der Waals surface area (Å²) >= 11 is 0. The topological polar surface area (TPSA) is 120 Å². The Bertz CT molecular complexity index is 1350. The van der Waals surface area contributed by atoms with E-state index < -0.39 is 17.7 Å². The molecule has 1 spiro atoms. The molecule has 13 heteroatoms. The van der Waals surface area contributed by atoms with Gasteiger partial charge in [-0.25, -0.2) is 4.68 Å². The van der Waals surface area contributed by atoms with Gasteiger partial charge >= 0.3 is 0 Å². The van der Waals surface area contributed by atoms with E-state index in [-0.39, 0.29) is 48.5 Å². The molecule has 4 heterocycles. The van der Waals surface area contributed by atoms with Gasteiger partial charge in [-0.05, 0) is 63.3 Å². The molecule has 2 atom stereocenters. The number of carbonyl (C=O) groups excluding carboxylic acids is 3. The Hall–Kier alpha value is -2.70. The number of nitrogens with one attached hydrogen (secondary N) is 1. The number of unbranched alkanes of at least 4 members (excludes halogenated alkanes) is 1. The predicted molar refractivity (Wildman–Crippen MR) is 181 cm³/mol. The lowest BCUT2D eigenvalue weighted by Gasteiger charge is -2.52. The zero-order valence-electron chi connectivity index (χ0n) is 27.7. The van der Waals surface area contributed by atoms with Crippen LogP contribution in [0.15, 0.2) is 24.3 Å². The summed E-state index contributed by atoms with van der Waals surface area (Å²) in [5.41, 5.74) is 3.79. The monoisotopic (exact) mass is 680 g/mol. The molecule has 1 aromatic heterocycles. The molecular weight excluding hydrogens is 631 g/mol. The van der Waals surface area contributed by atoms with E-state index in [2.05, 4.69) is 24.1 Å². The van der Waals surface area contributed by atoms with E-state index in [9.17, 15) is 19.5 Å². The molecule has 256 valence electrons. The lowest BCUT2D eigenvalue weighted by atomic mass is 9.80. The number of rotatable bonds is 9. The van der Waals surface area contributed by atoms with Crippen LogP contribution in [-0.4, -0.2) is 111 Å². The van der Waals surface area contributed by atoms with Gasteiger partial charge in [0.25, 0.3) is 5.91 Å². The number of benzene rings is 1. The summed E-state index contributed by atoms with van der Waals surface area (Å²) in [6, 6.07) is 6.70. The fourth-order valence-corrected chi connectivity index (χ4v) is 6.75. The minimum atomic E-state index is -0.919. The fraction of sp³-hybridized carbons (Fsp3) is 0.636. The molecule has 3 aliphatic heterocycles. The summed E-state index contributed by atoms with van der Waals surface area (Å²) in [5, 5.41) is 18.4. The summed E-state index contributed by atoms with van der Waals surface area (Å²) in [7, 11) is 0. The number of amides is 3. The Kier molecular flexibility index (Phi) is 13.1. The van der Waals surface area contributed by atoms with Crippen molar-refractivity contribution in [3.8, 4) is 5.69 Å². The number of aryl methyl sites for hydroxylation is 1. The highest BCUT2D eigenvalue weighted by Gasteiger charge is 2.54. The number of aliphatic hydroxyl groups is 1. The van der Waals surface area contributed by atoms with Crippen LogP contribution in [0.4, 0.5) is 0 Å². The fourth-order valence-electron chi connectivity index (χ4n) is 6.75. The van der Waals surface area contributed by atoms with E-state index in [1.807, 2.05) is 54.6 Å². The van der Waals surface area contributed by atoms with Crippen molar-refractivity contribution in [3.05, 3.63) is 46.8 Å².